The number of aromatic nitrogens is 5. The highest BCUT2D eigenvalue weighted by Crippen LogP contribution is 2.10. The van der Waals surface area contributed by atoms with Gasteiger partial charge in [-0.2, -0.15) is 0 Å². The van der Waals surface area contributed by atoms with Gasteiger partial charge in [-0.1, -0.05) is 24.3 Å². The zero-order valence-electron chi connectivity index (χ0n) is 10.7. The van der Waals surface area contributed by atoms with E-state index >= 15 is 0 Å². The number of aromatic amines is 5. The number of hydrogen-bond donors (Lipinski definition) is 5. The molecule has 0 unspecified atom stereocenters. The van der Waals surface area contributed by atoms with E-state index in [0.29, 0.717) is 0 Å². The molecule has 8 heteroatoms. The molecule has 0 bridgehead atoms. The van der Waals surface area contributed by atoms with Gasteiger partial charge in [-0.3, -0.25) is 24.7 Å². The van der Waals surface area contributed by atoms with Gasteiger partial charge in [0.05, 0.1) is 0 Å². The van der Waals surface area contributed by atoms with Crippen LogP contribution >= 0.6 is 0 Å². The normalized spacial score (nSPS) is 10.5. The molecule has 106 valence electrons. The maximum Gasteiger partial charge on any atom is 0.327 e. The molecule has 8 nitrogen and oxygen atoms in total. The molecule has 3 aromatic heterocycles. The van der Waals surface area contributed by atoms with Gasteiger partial charge in [-0.05, 0) is 10.8 Å². The third-order valence-electron chi connectivity index (χ3n) is 2.89. The van der Waals surface area contributed by atoms with Crippen molar-refractivity contribution in [3.63, 3.8) is 0 Å². The minimum atomic E-state index is -0.650. The third kappa shape index (κ3) is 2.54. The van der Waals surface area contributed by atoms with E-state index in [4.69, 9.17) is 0 Å². The fourth-order valence-electron chi connectivity index (χ4n) is 1.95. The first kappa shape index (κ1) is 12.7. The van der Waals surface area contributed by atoms with Crippen molar-refractivity contribution < 1.29 is 0 Å². The van der Waals surface area contributed by atoms with E-state index in [0.717, 1.165) is 0 Å². The van der Waals surface area contributed by atoms with Crippen molar-refractivity contribution in [2.45, 2.75) is 0 Å². The molecule has 3 heterocycles. The Kier molecular flexibility index (Phi) is 3.03. The van der Waals surface area contributed by atoms with Gasteiger partial charge in [0.25, 0.3) is 5.56 Å². The number of imidazole rings is 1. The molecule has 4 aromatic rings. The number of fused-ring (bicyclic) bond motifs is 2. The van der Waals surface area contributed by atoms with Crippen LogP contribution in [0.25, 0.3) is 21.9 Å². The van der Waals surface area contributed by atoms with Crippen molar-refractivity contribution >= 4 is 21.9 Å². The van der Waals surface area contributed by atoms with Gasteiger partial charge in [0.2, 0.25) is 0 Å². The van der Waals surface area contributed by atoms with Crippen molar-refractivity contribution in [3.8, 4) is 0 Å². The molecule has 0 radical (unpaired) electrons. The number of nitrogens with one attached hydrogen (secondary N) is 5. The predicted octanol–water partition coefficient (Wildman–Crippen LogP) is 0.401. The maximum absolute atomic E-state index is 10.9. The summed E-state index contributed by atoms with van der Waals surface area (Å²) in [6.45, 7) is 0. The Morgan fingerprint density at radius 1 is 0.714 bits per heavy atom. The van der Waals surface area contributed by atoms with Gasteiger partial charge in [0.15, 0.2) is 0 Å². The Balaban J connectivity index is 0.000000131. The van der Waals surface area contributed by atoms with E-state index in [1.165, 1.54) is 10.8 Å². The van der Waals surface area contributed by atoms with Crippen LogP contribution in [0.2, 0.25) is 0 Å². The predicted molar refractivity (Wildman–Crippen MR) is 78.5 cm³/mol. The fraction of sp³-hybridized carbons (Fsp3) is 0. The Morgan fingerprint density at radius 3 is 1.90 bits per heavy atom. The van der Waals surface area contributed by atoms with Crippen LogP contribution in [-0.2, 0) is 0 Å². The molecule has 0 atom stereocenters. The van der Waals surface area contributed by atoms with Crippen LogP contribution in [0.3, 0.4) is 0 Å². The van der Waals surface area contributed by atoms with Crippen LogP contribution < -0.4 is 16.9 Å². The van der Waals surface area contributed by atoms with Crippen LogP contribution in [0.1, 0.15) is 0 Å². The summed E-state index contributed by atoms with van der Waals surface area (Å²) in [6, 6.07) is 8.25. The average Bonchev–Trinajstić information content (AvgIpc) is 3.05. The first-order chi connectivity index (χ1) is 10.1. The maximum atomic E-state index is 10.9. The lowest BCUT2D eigenvalue weighted by Gasteiger charge is -1.83. The van der Waals surface area contributed by atoms with Gasteiger partial charge < -0.3 is 4.98 Å². The Bertz CT molecular complexity index is 1030. The standard InChI is InChI=1S/C8H7N.C5H4N4O3/c1-2-4-8-6-9-5-7(8)3-1;10-3-1-2(7-4(11)6-1)8-5(12)9-3/h1-6,9H;(H4,6,7,8,9,10,11,12). The molecule has 0 saturated heterocycles. The Morgan fingerprint density at radius 2 is 1.29 bits per heavy atom. The van der Waals surface area contributed by atoms with E-state index in [-0.39, 0.29) is 11.2 Å². The minimum Gasteiger partial charge on any atom is -0.366 e. The molecule has 0 amide bonds. The van der Waals surface area contributed by atoms with Gasteiger partial charge in [0.1, 0.15) is 11.2 Å². The minimum absolute atomic E-state index is 0.0413. The lowest BCUT2D eigenvalue weighted by molar-refractivity contribution is 1.07. The van der Waals surface area contributed by atoms with Crippen molar-refractivity contribution in [1.29, 1.82) is 0 Å². The first-order valence-corrected chi connectivity index (χ1v) is 6.09. The summed E-state index contributed by atoms with van der Waals surface area (Å²) in [7, 11) is 0. The Labute approximate surface area is 115 Å². The molecule has 4 rings (SSSR count). The molecule has 21 heavy (non-hydrogen) atoms. The van der Waals surface area contributed by atoms with Crippen LogP contribution in [0.4, 0.5) is 0 Å². The summed E-state index contributed by atoms with van der Waals surface area (Å²) in [4.78, 5) is 44.0. The zero-order chi connectivity index (χ0) is 14.8. The number of H-pyrrole nitrogens is 5. The van der Waals surface area contributed by atoms with Crippen LogP contribution in [0.5, 0.6) is 0 Å². The number of benzene rings is 1. The summed E-state index contributed by atoms with van der Waals surface area (Å²) in [6.07, 6.45) is 3.99. The molecule has 0 aliphatic carbocycles. The second kappa shape index (κ2) is 5.00. The second-order valence-electron chi connectivity index (χ2n) is 4.32. The fourth-order valence-corrected chi connectivity index (χ4v) is 1.95. The number of hydrogen-bond acceptors (Lipinski definition) is 3. The van der Waals surface area contributed by atoms with Crippen molar-refractivity contribution in [2.24, 2.45) is 0 Å². The van der Waals surface area contributed by atoms with Gasteiger partial charge in [-0.25, -0.2) is 9.59 Å². The molecule has 0 spiro atoms. The first-order valence-electron chi connectivity index (χ1n) is 6.09. The molecular weight excluding hydrogens is 274 g/mol. The number of rotatable bonds is 0. The van der Waals surface area contributed by atoms with Crippen molar-refractivity contribution in [3.05, 3.63) is 68.0 Å². The van der Waals surface area contributed by atoms with Crippen LogP contribution in [0.15, 0.2) is 51.0 Å². The molecule has 0 fully saturated rings. The van der Waals surface area contributed by atoms with E-state index in [2.05, 4.69) is 32.1 Å². The van der Waals surface area contributed by atoms with Crippen molar-refractivity contribution in [1.82, 2.24) is 24.9 Å². The van der Waals surface area contributed by atoms with Gasteiger partial charge in [-0.15, -0.1) is 0 Å². The van der Waals surface area contributed by atoms with Crippen molar-refractivity contribution in [2.75, 3.05) is 0 Å². The Hall–Kier alpha value is -3.29. The largest absolute Gasteiger partial charge is 0.366 e. The summed E-state index contributed by atoms with van der Waals surface area (Å²) in [5.74, 6) is 0. The monoisotopic (exact) mass is 285 g/mol. The quantitative estimate of drug-likeness (QED) is 0.320. The molecule has 0 aliphatic heterocycles. The van der Waals surface area contributed by atoms with Gasteiger partial charge in [0, 0.05) is 12.4 Å². The lowest BCUT2D eigenvalue weighted by atomic mass is 10.2. The zero-order valence-corrected chi connectivity index (χ0v) is 10.7. The molecule has 0 aliphatic rings. The highest BCUT2D eigenvalue weighted by Gasteiger charge is 2.02. The van der Waals surface area contributed by atoms with E-state index in [9.17, 15) is 14.4 Å². The summed E-state index contributed by atoms with van der Waals surface area (Å²) in [5, 5.41) is 2.55. The molecule has 1 aromatic carbocycles. The summed E-state index contributed by atoms with van der Waals surface area (Å²) in [5.41, 5.74) is -1.65. The highest BCUT2D eigenvalue weighted by atomic mass is 16.2. The average molecular weight is 285 g/mol. The molecular formula is C13H11N5O3. The SMILES string of the molecule is O=c1[nH]c(=O)c2[nH]c(=O)[nH]c2[nH]1.c1ccc2c[nH]cc2c1. The van der Waals surface area contributed by atoms with E-state index < -0.39 is 16.9 Å². The van der Waals surface area contributed by atoms with Crippen LogP contribution in [-0.4, -0.2) is 24.9 Å². The molecule has 0 saturated carbocycles. The summed E-state index contributed by atoms with van der Waals surface area (Å²) < 4.78 is 0. The molecule has 5 N–H and O–H groups in total. The summed E-state index contributed by atoms with van der Waals surface area (Å²) >= 11 is 0. The second-order valence-corrected chi connectivity index (χ2v) is 4.32. The van der Waals surface area contributed by atoms with Crippen LogP contribution in [0, 0.1) is 0 Å². The van der Waals surface area contributed by atoms with Gasteiger partial charge >= 0.3 is 11.4 Å². The van der Waals surface area contributed by atoms with E-state index in [1.807, 2.05) is 29.5 Å². The highest BCUT2D eigenvalue weighted by molar-refractivity contribution is 5.81. The third-order valence-corrected chi connectivity index (χ3v) is 2.89. The topological polar surface area (TPSA) is 130 Å². The smallest absolute Gasteiger partial charge is 0.327 e. The van der Waals surface area contributed by atoms with E-state index in [1.54, 1.807) is 0 Å². The lowest BCUT2D eigenvalue weighted by Crippen LogP contribution is -2.21.